The Bertz CT molecular complexity index is 392. The summed E-state index contributed by atoms with van der Waals surface area (Å²) in [6, 6.07) is 4.00. The van der Waals surface area contributed by atoms with Crippen molar-refractivity contribution < 1.29 is 26.3 Å². The number of halogens is 6. The number of nitrogens with two attached hydrogens (primary N) is 1. The van der Waals surface area contributed by atoms with Gasteiger partial charge in [-0.1, -0.05) is 29.8 Å². The van der Waals surface area contributed by atoms with Gasteiger partial charge >= 0.3 is 12.1 Å². The van der Waals surface area contributed by atoms with E-state index in [-0.39, 0.29) is 0 Å². The van der Waals surface area contributed by atoms with E-state index in [2.05, 4.69) is 5.73 Å². The van der Waals surface area contributed by atoms with Gasteiger partial charge in [0.15, 0.2) is 0 Å². The second-order valence-electron chi connectivity index (χ2n) is 3.65. The average molecular weight is 257 g/mol. The van der Waals surface area contributed by atoms with Crippen LogP contribution in [0, 0.1) is 6.92 Å². The fourth-order valence-electron chi connectivity index (χ4n) is 1.18. The van der Waals surface area contributed by atoms with Crippen molar-refractivity contribution in [2.45, 2.75) is 24.8 Å². The minimum Gasteiger partial charge on any atom is -0.290 e. The SMILES string of the molecule is Cc1ccc(C(N)(F)C(F)(F)C(F)(F)F)cc1. The highest BCUT2D eigenvalue weighted by molar-refractivity contribution is 5.28. The van der Waals surface area contributed by atoms with Crippen LogP contribution in [0.5, 0.6) is 0 Å². The van der Waals surface area contributed by atoms with Crippen molar-refractivity contribution in [3.8, 4) is 0 Å². The summed E-state index contributed by atoms with van der Waals surface area (Å²) < 4.78 is 75.3. The molecule has 0 radical (unpaired) electrons. The molecule has 96 valence electrons. The molecule has 1 rings (SSSR count). The van der Waals surface area contributed by atoms with Gasteiger partial charge in [0.25, 0.3) is 5.79 Å². The molecule has 2 N–H and O–H groups in total. The van der Waals surface area contributed by atoms with Crippen molar-refractivity contribution in [1.29, 1.82) is 0 Å². The Balaban J connectivity index is 3.23. The Hall–Kier alpha value is -1.24. The number of alkyl halides is 6. The Kier molecular flexibility index (Phi) is 3.17. The molecule has 0 aliphatic carbocycles. The maximum absolute atomic E-state index is 13.5. The van der Waals surface area contributed by atoms with Crippen LogP contribution in [0.2, 0.25) is 0 Å². The molecule has 1 atom stereocenters. The van der Waals surface area contributed by atoms with Crippen molar-refractivity contribution in [2.24, 2.45) is 5.73 Å². The summed E-state index contributed by atoms with van der Waals surface area (Å²) in [4.78, 5) is 0. The maximum Gasteiger partial charge on any atom is 0.458 e. The molecule has 0 amide bonds. The zero-order valence-corrected chi connectivity index (χ0v) is 8.65. The van der Waals surface area contributed by atoms with Crippen LogP contribution in [0.4, 0.5) is 26.3 Å². The van der Waals surface area contributed by atoms with Crippen LogP contribution >= 0.6 is 0 Å². The van der Waals surface area contributed by atoms with Crippen molar-refractivity contribution in [3.63, 3.8) is 0 Å². The van der Waals surface area contributed by atoms with E-state index in [9.17, 15) is 26.3 Å². The molecule has 1 aromatic carbocycles. The van der Waals surface area contributed by atoms with Gasteiger partial charge in [-0.05, 0) is 6.92 Å². The van der Waals surface area contributed by atoms with E-state index < -0.39 is 23.5 Å². The molecule has 0 saturated carbocycles. The smallest absolute Gasteiger partial charge is 0.290 e. The lowest BCUT2D eigenvalue weighted by Gasteiger charge is -2.31. The number of hydrogen-bond donors (Lipinski definition) is 1. The molecule has 0 spiro atoms. The molecule has 0 fully saturated rings. The first kappa shape index (κ1) is 13.8. The maximum atomic E-state index is 13.5. The van der Waals surface area contributed by atoms with Crippen LogP contribution in [0.25, 0.3) is 0 Å². The van der Waals surface area contributed by atoms with Gasteiger partial charge in [-0.3, -0.25) is 5.73 Å². The summed E-state index contributed by atoms with van der Waals surface area (Å²) >= 11 is 0. The standard InChI is InChI=1S/C10H9F6N/c1-6-2-4-7(5-3-6)8(11,17)9(12,13)10(14,15)16/h2-5H,17H2,1H3. The third-order valence-corrected chi connectivity index (χ3v) is 2.28. The van der Waals surface area contributed by atoms with Crippen molar-refractivity contribution in [1.82, 2.24) is 0 Å². The van der Waals surface area contributed by atoms with Crippen molar-refractivity contribution in [3.05, 3.63) is 35.4 Å². The minimum absolute atomic E-state index is 0.583. The second-order valence-corrected chi connectivity index (χ2v) is 3.65. The summed E-state index contributed by atoms with van der Waals surface area (Å²) in [6.07, 6.45) is -6.05. The van der Waals surface area contributed by atoms with Crippen LogP contribution in [-0.2, 0) is 5.79 Å². The normalized spacial score (nSPS) is 16.7. The highest BCUT2D eigenvalue weighted by Gasteiger charge is 2.70. The predicted octanol–water partition coefficient (Wildman–Crippen LogP) is 3.27. The van der Waals surface area contributed by atoms with Gasteiger partial charge < -0.3 is 0 Å². The lowest BCUT2D eigenvalue weighted by molar-refractivity contribution is -0.330. The summed E-state index contributed by atoms with van der Waals surface area (Å²) in [6.45, 7) is 1.57. The van der Waals surface area contributed by atoms with E-state index in [1.54, 1.807) is 6.92 Å². The third-order valence-electron chi connectivity index (χ3n) is 2.28. The molecular weight excluding hydrogens is 248 g/mol. The van der Waals surface area contributed by atoms with Crippen molar-refractivity contribution >= 4 is 0 Å². The van der Waals surface area contributed by atoms with Crippen LogP contribution in [0.15, 0.2) is 24.3 Å². The average Bonchev–Trinajstić information content (AvgIpc) is 2.16. The summed E-state index contributed by atoms with van der Waals surface area (Å²) in [7, 11) is 0. The summed E-state index contributed by atoms with van der Waals surface area (Å²) in [5.41, 5.74) is 4.17. The monoisotopic (exact) mass is 257 g/mol. The van der Waals surface area contributed by atoms with Crippen LogP contribution in [-0.4, -0.2) is 12.1 Å². The van der Waals surface area contributed by atoms with E-state index in [4.69, 9.17) is 0 Å². The van der Waals surface area contributed by atoms with E-state index in [1.807, 2.05) is 0 Å². The highest BCUT2D eigenvalue weighted by Crippen LogP contribution is 2.47. The Labute approximate surface area is 93.2 Å². The first-order valence-corrected chi connectivity index (χ1v) is 4.49. The molecule has 0 aliphatic rings. The summed E-state index contributed by atoms with van der Waals surface area (Å²) in [5, 5.41) is 0. The lowest BCUT2D eigenvalue weighted by Crippen LogP contribution is -2.57. The molecule has 1 aromatic rings. The van der Waals surface area contributed by atoms with Gasteiger partial charge in [0, 0.05) is 5.56 Å². The molecule has 1 nitrogen and oxygen atoms in total. The van der Waals surface area contributed by atoms with Crippen LogP contribution in [0.1, 0.15) is 11.1 Å². The molecule has 7 heteroatoms. The fourth-order valence-corrected chi connectivity index (χ4v) is 1.18. The first-order chi connectivity index (χ1) is 7.50. The van der Waals surface area contributed by atoms with Crippen LogP contribution < -0.4 is 5.73 Å². The van der Waals surface area contributed by atoms with E-state index in [0.29, 0.717) is 5.56 Å². The Morgan fingerprint density at radius 3 is 1.65 bits per heavy atom. The van der Waals surface area contributed by atoms with Gasteiger partial charge in [0.05, 0.1) is 0 Å². The third kappa shape index (κ3) is 2.24. The molecule has 1 unspecified atom stereocenters. The molecule has 0 heterocycles. The number of aryl methyl sites for hydroxylation is 1. The topological polar surface area (TPSA) is 26.0 Å². The zero-order chi connectivity index (χ0) is 13.5. The highest BCUT2D eigenvalue weighted by atomic mass is 19.4. The predicted molar refractivity (Wildman–Crippen MR) is 49.2 cm³/mol. The summed E-state index contributed by atoms with van der Waals surface area (Å²) in [5.74, 6) is -9.95. The number of hydrogen-bond acceptors (Lipinski definition) is 1. The molecule has 0 aliphatic heterocycles. The van der Waals surface area contributed by atoms with E-state index in [0.717, 1.165) is 12.1 Å². The minimum atomic E-state index is -6.05. The molecule has 17 heavy (non-hydrogen) atoms. The number of rotatable bonds is 2. The number of benzene rings is 1. The van der Waals surface area contributed by atoms with Gasteiger partial charge in [-0.15, -0.1) is 0 Å². The van der Waals surface area contributed by atoms with Crippen LogP contribution in [0.3, 0.4) is 0 Å². The van der Waals surface area contributed by atoms with Gasteiger partial charge in [0.1, 0.15) is 0 Å². The first-order valence-electron chi connectivity index (χ1n) is 4.49. The van der Waals surface area contributed by atoms with Crippen molar-refractivity contribution in [2.75, 3.05) is 0 Å². The quantitative estimate of drug-likeness (QED) is 0.638. The van der Waals surface area contributed by atoms with Gasteiger partial charge in [0.2, 0.25) is 0 Å². The fraction of sp³-hybridized carbons (Fsp3) is 0.400. The largest absolute Gasteiger partial charge is 0.458 e. The Morgan fingerprint density at radius 1 is 0.882 bits per heavy atom. The molecular formula is C10H9F6N. The molecule has 0 bridgehead atoms. The lowest BCUT2D eigenvalue weighted by atomic mass is 9.97. The Morgan fingerprint density at radius 2 is 1.29 bits per heavy atom. The van der Waals surface area contributed by atoms with Gasteiger partial charge in [-0.25, -0.2) is 4.39 Å². The van der Waals surface area contributed by atoms with E-state index >= 15 is 0 Å². The molecule has 0 aromatic heterocycles. The zero-order valence-electron chi connectivity index (χ0n) is 8.65. The second kappa shape index (κ2) is 3.90. The van der Waals surface area contributed by atoms with Gasteiger partial charge in [-0.2, -0.15) is 22.0 Å². The molecule has 0 saturated heterocycles. The van der Waals surface area contributed by atoms with E-state index in [1.165, 1.54) is 12.1 Å².